The van der Waals surface area contributed by atoms with Gasteiger partial charge in [0.1, 0.15) is 0 Å². The summed E-state index contributed by atoms with van der Waals surface area (Å²) < 4.78 is 0.821. The number of carbonyl (C=O) groups is 3. The maximum absolute atomic E-state index is 12.1. The number of hydrogen-bond donors (Lipinski definition) is 3. The first kappa shape index (κ1) is 12.9. The summed E-state index contributed by atoms with van der Waals surface area (Å²) in [5, 5.41) is 7.21. The number of anilines is 2. The molecule has 4 amide bonds. The van der Waals surface area contributed by atoms with Gasteiger partial charge in [-0.05, 0) is 18.2 Å². The summed E-state index contributed by atoms with van der Waals surface area (Å²) in [5.41, 5.74) is 0.0142. The molecule has 3 rings (SSSR count). The second kappa shape index (κ2) is 4.20. The molecule has 0 bridgehead atoms. The number of urea groups is 1. The molecule has 3 N–H and O–H groups in total. The lowest BCUT2D eigenvalue weighted by Gasteiger charge is -2.43. The molecule has 1 saturated heterocycles. The first-order chi connectivity index (χ1) is 9.42. The summed E-state index contributed by atoms with van der Waals surface area (Å²) in [4.78, 5) is 37.3. The zero-order valence-electron chi connectivity index (χ0n) is 10.5. The minimum atomic E-state index is -1.50. The van der Waals surface area contributed by atoms with Crippen LogP contribution < -0.4 is 20.9 Å². The Morgan fingerprint density at radius 3 is 2.50 bits per heavy atom. The molecule has 0 atom stereocenters. The van der Waals surface area contributed by atoms with Crippen molar-refractivity contribution in [2.45, 2.75) is 5.54 Å². The van der Waals surface area contributed by atoms with Gasteiger partial charge in [0.05, 0.1) is 17.9 Å². The van der Waals surface area contributed by atoms with Crippen LogP contribution in [0.3, 0.4) is 0 Å². The Balaban J connectivity index is 2.07. The van der Waals surface area contributed by atoms with E-state index < -0.39 is 23.4 Å². The number of nitrogens with one attached hydrogen (secondary N) is 3. The Bertz CT molecular complexity index is 626. The first-order valence-corrected chi connectivity index (χ1v) is 6.67. The summed E-state index contributed by atoms with van der Waals surface area (Å²) in [7, 11) is 1.78. The zero-order chi connectivity index (χ0) is 14.5. The SMILES string of the molecule is CN1CC2(Nc3cc(Br)ccc31)C(=O)NC(=O)NC2=O. The molecule has 0 saturated carbocycles. The fourth-order valence-electron chi connectivity index (χ4n) is 2.46. The lowest BCUT2D eigenvalue weighted by atomic mass is 9.91. The van der Waals surface area contributed by atoms with Crippen LogP contribution in [0.1, 0.15) is 0 Å². The van der Waals surface area contributed by atoms with Crippen molar-refractivity contribution >= 4 is 45.2 Å². The molecule has 20 heavy (non-hydrogen) atoms. The molecular weight excluding hydrogens is 328 g/mol. The third kappa shape index (κ3) is 1.75. The summed E-state index contributed by atoms with van der Waals surface area (Å²) in [6, 6.07) is 4.74. The molecule has 2 aliphatic rings. The van der Waals surface area contributed by atoms with Crippen LogP contribution in [0.15, 0.2) is 22.7 Å². The van der Waals surface area contributed by atoms with E-state index in [0.717, 1.165) is 10.2 Å². The Morgan fingerprint density at radius 2 is 1.85 bits per heavy atom. The summed E-state index contributed by atoms with van der Waals surface area (Å²) in [6.45, 7) is 0.132. The number of fused-ring (bicyclic) bond motifs is 1. The maximum Gasteiger partial charge on any atom is 0.328 e. The molecule has 1 aromatic carbocycles. The number of carbonyl (C=O) groups excluding carboxylic acids is 3. The van der Waals surface area contributed by atoms with E-state index in [4.69, 9.17) is 0 Å². The van der Waals surface area contributed by atoms with Crippen LogP contribution in [0.25, 0.3) is 0 Å². The van der Waals surface area contributed by atoms with E-state index >= 15 is 0 Å². The van der Waals surface area contributed by atoms with Crippen LogP contribution in [0.2, 0.25) is 0 Å². The Morgan fingerprint density at radius 1 is 1.20 bits per heavy atom. The van der Waals surface area contributed by atoms with Crippen molar-refractivity contribution in [1.82, 2.24) is 10.6 Å². The van der Waals surface area contributed by atoms with Crippen molar-refractivity contribution in [3.63, 3.8) is 0 Å². The van der Waals surface area contributed by atoms with Gasteiger partial charge < -0.3 is 10.2 Å². The smallest absolute Gasteiger partial charge is 0.328 e. The van der Waals surface area contributed by atoms with E-state index in [1.54, 1.807) is 18.0 Å². The Labute approximate surface area is 122 Å². The summed E-state index contributed by atoms with van der Waals surface area (Å²) in [5.74, 6) is -1.30. The van der Waals surface area contributed by atoms with Gasteiger partial charge in [0.25, 0.3) is 11.8 Å². The second-order valence-electron chi connectivity index (χ2n) is 4.79. The van der Waals surface area contributed by atoms with Gasteiger partial charge in [-0.15, -0.1) is 0 Å². The van der Waals surface area contributed by atoms with E-state index in [2.05, 4.69) is 31.9 Å². The highest BCUT2D eigenvalue weighted by molar-refractivity contribution is 9.10. The average Bonchev–Trinajstić information content (AvgIpc) is 2.35. The largest absolute Gasteiger partial charge is 0.369 e. The molecule has 0 aliphatic carbocycles. The lowest BCUT2D eigenvalue weighted by molar-refractivity contribution is -0.136. The molecule has 1 fully saturated rings. The molecule has 2 aliphatic heterocycles. The normalized spacial score (nSPS) is 20.1. The number of nitrogens with zero attached hydrogens (tertiary/aromatic N) is 1. The van der Waals surface area contributed by atoms with Gasteiger partial charge in [-0.25, -0.2) is 4.79 Å². The van der Waals surface area contributed by atoms with Crippen LogP contribution in [-0.4, -0.2) is 37.0 Å². The van der Waals surface area contributed by atoms with Crippen molar-refractivity contribution in [1.29, 1.82) is 0 Å². The van der Waals surface area contributed by atoms with E-state index in [1.807, 2.05) is 12.1 Å². The fourth-order valence-corrected chi connectivity index (χ4v) is 2.82. The number of amides is 4. The van der Waals surface area contributed by atoms with Crippen LogP contribution in [-0.2, 0) is 9.59 Å². The molecule has 1 aromatic rings. The number of imide groups is 2. The molecule has 0 unspecified atom stereocenters. The number of rotatable bonds is 0. The molecular formula is C12H11BrN4O3. The molecule has 7 nitrogen and oxygen atoms in total. The van der Waals surface area contributed by atoms with Crippen LogP contribution in [0.5, 0.6) is 0 Å². The minimum absolute atomic E-state index is 0.132. The number of benzene rings is 1. The van der Waals surface area contributed by atoms with Gasteiger partial charge in [0.15, 0.2) is 0 Å². The van der Waals surface area contributed by atoms with Crippen molar-refractivity contribution in [3.05, 3.63) is 22.7 Å². The van der Waals surface area contributed by atoms with Crippen LogP contribution >= 0.6 is 15.9 Å². The summed E-state index contributed by atoms with van der Waals surface area (Å²) in [6.07, 6.45) is 0. The number of barbiturate groups is 1. The molecule has 0 aromatic heterocycles. The first-order valence-electron chi connectivity index (χ1n) is 5.88. The van der Waals surface area contributed by atoms with E-state index in [9.17, 15) is 14.4 Å². The minimum Gasteiger partial charge on any atom is -0.369 e. The maximum atomic E-state index is 12.1. The monoisotopic (exact) mass is 338 g/mol. The summed E-state index contributed by atoms with van der Waals surface area (Å²) >= 11 is 3.35. The molecule has 104 valence electrons. The van der Waals surface area contributed by atoms with Crippen molar-refractivity contribution in [3.8, 4) is 0 Å². The molecule has 0 radical (unpaired) electrons. The van der Waals surface area contributed by atoms with E-state index in [0.29, 0.717) is 5.69 Å². The molecule has 2 heterocycles. The van der Waals surface area contributed by atoms with Gasteiger partial charge in [-0.1, -0.05) is 15.9 Å². The predicted octanol–water partition coefficient (Wildman–Crippen LogP) is 0.416. The van der Waals surface area contributed by atoms with Crippen LogP contribution in [0, 0.1) is 0 Å². The van der Waals surface area contributed by atoms with Gasteiger partial charge in [-0.3, -0.25) is 20.2 Å². The highest BCUT2D eigenvalue weighted by Crippen LogP contribution is 2.36. The molecule has 1 spiro atoms. The lowest BCUT2D eigenvalue weighted by Crippen LogP contribution is -2.74. The molecule has 8 heteroatoms. The van der Waals surface area contributed by atoms with E-state index in [1.165, 1.54) is 0 Å². The number of hydrogen-bond acceptors (Lipinski definition) is 5. The highest BCUT2D eigenvalue weighted by atomic mass is 79.9. The standard InChI is InChI=1S/C12H11BrN4O3/c1-17-5-12(9(18)14-11(20)15-10(12)19)16-7-4-6(13)2-3-8(7)17/h2-4,16H,5H2,1H3,(H2,14,15,18,19,20). The van der Waals surface area contributed by atoms with Gasteiger partial charge in [0, 0.05) is 11.5 Å². The van der Waals surface area contributed by atoms with Crippen molar-refractivity contribution in [2.75, 3.05) is 23.8 Å². The highest BCUT2D eigenvalue weighted by Gasteiger charge is 2.53. The van der Waals surface area contributed by atoms with Gasteiger partial charge in [0.2, 0.25) is 5.54 Å². The average molecular weight is 339 g/mol. The van der Waals surface area contributed by atoms with Crippen molar-refractivity contribution in [2.24, 2.45) is 0 Å². The second-order valence-corrected chi connectivity index (χ2v) is 5.70. The fraction of sp³-hybridized carbons (Fsp3) is 0.250. The predicted molar refractivity (Wildman–Crippen MR) is 75.4 cm³/mol. The number of likely N-dealkylation sites (N-methyl/N-ethyl adjacent to an activating group) is 1. The zero-order valence-corrected chi connectivity index (χ0v) is 12.1. The van der Waals surface area contributed by atoms with Crippen LogP contribution in [0.4, 0.5) is 16.2 Å². The third-order valence-electron chi connectivity index (χ3n) is 3.42. The van der Waals surface area contributed by atoms with Gasteiger partial charge in [-0.2, -0.15) is 0 Å². The third-order valence-corrected chi connectivity index (χ3v) is 3.91. The van der Waals surface area contributed by atoms with Crippen molar-refractivity contribution < 1.29 is 14.4 Å². The quantitative estimate of drug-likeness (QED) is 0.596. The van der Waals surface area contributed by atoms with Gasteiger partial charge >= 0.3 is 6.03 Å². The topological polar surface area (TPSA) is 90.5 Å². The Hall–Kier alpha value is -2.09. The van der Waals surface area contributed by atoms with E-state index in [-0.39, 0.29) is 6.54 Å². The Kier molecular flexibility index (Phi) is 2.72. The number of halogens is 1.